The third kappa shape index (κ3) is 4.14. The zero-order valence-corrected chi connectivity index (χ0v) is 12.5. The Kier molecular flexibility index (Phi) is 5.10. The second-order valence-corrected chi connectivity index (χ2v) is 5.89. The summed E-state index contributed by atoms with van der Waals surface area (Å²) in [5.41, 5.74) is 1.03. The Morgan fingerprint density at radius 3 is 2.89 bits per heavy atom. The average molecular weight is 279 g/mol. The molecule has 0 radical (unpaired) electrons. The zero-order chi connectivity index (χ0) is 13.7. The number of rotatable bonds is 7. The van der Waals surface area contributed by atoms with Crippen LogP contribution in [0.1, 0.15) is 33.1 Å². The van der Waals surface area contributed by atoms with Crippen LogP contribution in [0, 0.1) is 5.92 Å². The molecule has 0 saturated carbocycles. The number of nitrogens with one attached hydrogen (secondary N) is 1. The van der Waals surface area contributed by atoms with Crippen molar-refractivity contribution in [1.82, 2.24) is 15.5 Å². The molecule has 2 aromatic heterocycles. The first-order chi connectivity index (χ1) is 9.19. The molecule has 2 heterocycles. The van der Waals surface area contributed by atoms with Crippen LogP contribution in [0.5, 0.6) is 0 Å². The summed E-state index contributed by atoms with van der Waals surface area (Å²) in [6.45, 7) is 7.55. The lowest BCUT2D eigenvalue weighted by Crippen LogP contribution is -2.32. The van der Waals surface area contributed by atoms with Crippen LogP contribution >= 0.6 is 11.3 Å². The molecule has 0 aliphatic rings. The number of thiophene rings is 1. The Labute approximate surface area is 118 Å². The molecule has 0 aliphatic carbocycles. The molecule has 2 rings (SSSR count). The molecule has 0 aromatic carbocycles. The van der Waals surface area contributed by atoms with E-state index in [1.54, 1.807) is 11.3 Å². The summed E-state index contributed by atoms with van der Waals surface area (Å²) in [5, 5.41) is 11.6. The second-order valence-electron chi connectivity index (χ2n) is 5.11. The molecule has 0 aliphatic heterocycles. The number of aromatic nitrogens is 2. The number of hydrogen-bond donors (Lipinski definition) is 1. The summed E-state index contributed by atoms with van der Waals surface area (Å²) < 4.78 is 5.35. The van der Waals surface area contributed by atoms with Crippen LogP contribution in [0.3, 0.4) is 0 Å². The molecule has 0 spiro atoms. The molecule has 0 fully saturated rings. The van der Waals surface area contributed by atoms with E-state index in [9.17, 15) is 0 Å². The minimum atomic E-state index is 0.403. The minimum Gasteiger partial charge on any atom is -0.339 e. The normalized spacial score (nSPS) is 13.1. The van der Waals surface area contributed by atoms with Crippen LogP contribution in [0.4, 0.5) is 0 Å². The van der Waals surface area contributed by atoms with Gasteiger partial charge < -0.3 is 9.84 Å². The summed E-state index contributed by atoms with van der Waals surface area (Å²) in [6, 6.07) is 2.41. The minimum absolute atomic E-state index is 0.403. The summed E-state index contributed by atoms with van der Waals surface area (Å²) in [6.07, 6.45) is 1.91. The van der Waals surface area contributed by atoms with E-state index in [2.05, 4.69) is 36.2 Å². The fraction of sp³-hybridized carbons (Fsp3) is 0.571. The van der Waals surface area contributed by atoms with Crippen molar-refractivity contribution in [1.29, 1.82) is 0 Å². The smallest absolute Gasteiger partial charge is 0.228 e. The zero-order valence-electron chi connectivity index (χ0n) is 11.7. The number of hydrogen-bond acceptors (Lipinski definition) is 5. The van der Waals surface area contributed by atoms with Gasteiger partial charge in [0.15, 0.2) is 0 Å². The molecular formula is C14H21N3OS. The highest BCUT2D eigenvalue weighted by molar-refractivity contribution is 7.08. The fourth-order valence-electron chi connectivity index (χ4n) is 2.15. The summed E-state index contributed by atoms with van der Waals surface area (Å²) >= 11 is 1.64. The molecule has 104 valence electrons. The standard InChI is InChI=1S/C14H21N3OS/c1-4-15-12(7-10(2)3)8-13-16-14(17-18-13)11-5-6-19-9-11/h5-6,9-10,12,15H,4,7-8H2,1-3H3. The van der Waals surface area contributed by atoms with Gasteiger partial charge in [-0.05, 0) is 30.3 Å². The number of nitrogens with zero attached hydrogens (tertiary/aromatic N) is 2. The lowest BCUT2D eigenvalue weighted by molar-refractivity contribution is 0.340. The molecule has 1 atom stereocenters. The molecule has 5 heteroatoms. The molecule has 2 aromatic rings. The third-order valence-electron chi connectivity index (χ3n) is 2.92. The summed E-state index contributed by atoms with van der Waals surface area (Å²) in [7, 11) is 0. The molecule has 0 bridgehead atoms. The van der Waals surface area contributed by atoms with E-state index in [4.69, 9.17) is 4.52 Å². The summed E-state index contributed by atoms with van der Waals surface area (Å²) in [4.78, 5) is 4.47. The first-order valence-electron chi connectivity index (χ1n) is 6.77. The molecule has 4 nitrogen and oxygen atoms in total. The van der Waals surface area contributed by atoms with E-state index in [1.165, 1.54) is 0 Å². The van der Waals surface area contributed by atoms with E-state index in [0.29, 0.717) is 23.7 Å². The van der Waals surface area contributed by atoms with Crippen LogP contribution in [0.15, 0.2) is 21.3 Å². The van der Waals surface area contributed by atoms with Gasteiger partial charge in [0.2, 0.25) is 11.7 Å². The van der Waals surface area contributed by atoms with Gasteiger partial charge in [-0.15, -0.1) is 0 Å². The van der Waals surface area contributed by atoms with Gasteiger partial charge in [-0.1, -0.05) is 25.9 Å². The highest BCUT2D eigenvalue weighted by atomic mass is 32.1. The van der Waals surface area contributed by atoms with Crippen molar-refractivity contribution in [2.24, 2.45) is 5.92 Å². The molecule has 0 amide bonds. The molecule has 1 unspecified atom stereocenters. The quantitative estimate of drug-likeness (QED) is 0.844. The first-order valence-corrected chi connectivity index (χ1v) is 7.71. The fourth-order valence-corrected chi connectivity index (χ4v) is 2.79. The maximum Gasteiger partial charge on any atom is 0.228 e. The Bertz CT molecular complexity index is 479. The van der Waals surface area contributed by atoms with Gasteiger partial charge in [-0.25, -0.2) is 0 Å². The van der Waals surface area contributed by atoms with E-state index in [1.807, 2.05) is 16.8 Å². The van der Waals surface area contributed by atoms with Crippen LogP contribution < -0.4 is 5.32 Å². The maximum absolute atomic E-state index is 5.35. The van der Waals surface area contributed by atoms with Crippen LogP contribution in [0.2, 0.25) is 0 Å². The van der Waals surface area contributed by atoms with Gasteiger partial charge in [0, 0.05) is 23.4 Å². The van der Waals surface area contributed by atoms with E-state index >= 15 is 0 Å². The summed E-state index contributed by atoms with van der Waals surface area (Å²) in [5.74, 6) is 2.06. The topological polar surface area (TPSA) is 51.0 Å². The lowest BCUT2D eigenvalue weighted by Gasteiger charge is -2.17. The van der Waals surface area contributed by atoms with Crippen molar-refractivity contribution >= 4 is 11.3 Å². The van der Waals surface area contributed by atoms with Crippen molar-refractivity contribution in [2.75, 3.05) is 6.54 Å². The second kappa shape index (κ2) is 6.82. The van der Waals surface area contributed by atoms with Crippen molar-refractivity contribution in [3.05, 3.63) is 22.7 Å². The van der Waals surface area contributed by atoms with Crippen molar-refractivity contribution < 1.29 is 4.52 Å². The Balaban J connectivity index is 2.01. The van der Waals surface area contributed by atoms with Crippen molar-refractivity contribution in [3.63, 3.8) is 0 Å². The predicted octanol–water partition coefficient (Wildman–Crippen LogP) is 3.36. The van der Waals surface area contributed by atoms with Gasteiger partial charge in [0.05, 0.1) is 0 Å². The Morgan fingerprint density at radius 2 is 2.26 bits per heavy atom. The van der Waals surface area contributed by atoms with Gasteiger partial charge in [0.1, 0.15) is 0 Å². The van der Waals surface area contributed by atoms with Gasteiger partial charge in [-0.3, -0.25) is 0 Å². The SMILES string of the molecule is CCNC(Cc1nc(-c2ccsc2)no1)CC(C)C. The highest BCUT2D eigenvalue weighted by Crippen LogP contribution is 2.19. The van der Waals surface area contributed by atoms with E-state index in [-0.39, 0.29) is 0 Å². The number of likely N-dealkylation sites (N-methyl/N-ethyl adjacent to an activating group) is 1. The first kappa shape index (κ1) is 14.2. The maximum atomic E-state index is 5.35. The van der Waals surface area contributed by atoms with Gasteiger partial charge in [-0.2, -0.15) is 16.3 Å². The van der Waals surface area contributed by atoms with Gasteiger partial charge in [0.25, 0.3) is 0 Å². The van der Waals surface area contributed by atoms with Gasteiger partial charge >= 0.3 is 0 Å². The van der Waals surface area contributed by atoms with Crippen LogP contribution in [0.25, 0.3) is 11.4 Å². The van der Waals surface area contributed by atoms with Crippen LogP contribution in [-0.4, -0.2) is 22.7 Å². The van der Waals surface area contributed by atoms with E-state index < -0.39 is 0 Å². The largest absolute Gasteiger partial charge is 0.339 e. The van der Waals surface area contributed by atoms with Crippen molar-refractivity contribution in [3.8, 4) is 11.4 Å². The molecular weight excluding hydrogens is 258 g/mol. The highest BCUT2D eigenvalue weighted by Gasteiger charge is 2.16. The monoisotopic (exact) mass is 279 g/mol. The predicted molar refractivity (Wildman–Crippen MR) is 78.2 cm³/mol. The lowest BCUT2D eigenvalue weighted by atomic mass is 10.0. The van der Waals surface area contributed by atoms with Crippen LogP contribution in [-0.2, 0) is 6.42 Å². The average Bonchev–Trinajstić information content (AvgIpc) is 2.97. The Hall–Kier alpha value is -1.20. The molecule has 1 N–H and O–H groups in total. The van der Waals surface area contributed by atoms with Crippen molar-refractivity contribution in [2.45, 2.75) is 39.7 Å². The molecule has 19 heavy (non-hydrogen) atoms. The van der Waals surface area contributed by atoms with E-state index in [0.717, 1.165) is 24.9 Å². The Morgan fingerprint density at radius 1 is 1.42 bits per heavy atom. The molecule has 0 saturated heterocycles. The third-order valence-corrected chi connectivity index (χ3v) is 3.60.